The Kier molecular flexibility index (Phi) is 2.39. The number of aldehydes is 1. The van der Waals surface area contributed by atoms with Crippen molar-refractivity contribution >= 4 is 29.2 Å². The third-order valence-corrected chi connectivity index (χ3v) is 3.16. The van der Waals surface area contributed by atoms with Crippen LogP contribution in [-0.2, 0) is 0 Å². The molecule has 3 nitrogen and oxygen atoms in total. The van der Waals surface area contributed by atoms with Crippen molar-refractivity contribution in [2.45, 2.75) is 6.92 Å². The lowest BCUT2D eigenvalue weighted by Crippen LogP contribution is -1.90. The molecule has 2 heterocycles. The first-order chi connectivity index (χ1) is 6.70. The van der Waals surface area contributed by atoms with E-state index >= 15 is 0 Å². The molecule has 0 radical (unpaired) electrons. The summed E-state index contributed by atoms with van der Waals surface area (Å²) in [5.41, 5.74) is 0.785. The highest BCUT2D eigenvalue weighted by molar-refractivity contribution is 7.16. The Morgan fingerprint density at radius 2 is 2.36 bits per heavy atom. The van der Waals surface area contributed by atoms with E-state index in [1.165, 1.54) is 11.3 Å². The van der Waals surface area contributed by atoms with Crippen LogP contribution < -0.4 is 0 Å². The first kappa shape index (κ1) is 9.43. The maximum Gasteiger partial charge on any atom is 0.160 e. The van der Waals surface area contributed by atoms with Gasteiger partial charge in [0.15, 0.2) is 6.29 Å². The third-order valence-electron chi connectivity index (χ3n) is 1.79. The molecule has 0 atom stereocenters. The van der Waals surface area contributed by atoms with Gasteiger partial charge in [-0.2, -0.15) is 5.10 Å². The molecule has 2 rings (SSSR count). The number of carbonyl (C=O) groups excluding carboxylic acids is 1. The second-order valence-electron chi connectivity index (χ2n) is 2.80. The summed E-state index contributed by atoms with van der Waals surface area (Å²) in [4.78, 5) is 11.2. The van der Waals surface area contributed by atoms with Gasteiger partial charge in [0.05, 0.1) is 21.8 Å². The van der Waals surface area contributed by atoms with E-state index in [2.05, 4.69) is 5.10 Å². The van der Waals surface area contributed by atoms with Crippen molar-refractivity contribution in [3.8, 4) is 5.00 Å². The van der Waals surface area contributed by atoms with Gasteiger partial charge in [-0.05, 0) is 19.1 Å². The van der Waals surface area contributed by atoms with Crippen LogP contribution in [0.1, 0.15) is 15.4 Å². The molecular formula is C9H7ClN2OS. The fourth-order valence-electron chi connectivity index (χ4n) is 1.08. The SMILES string of the molecule is Cc1nn(-c2ccc(C=O)s2)cc1Cl. The van der Waals surface area contributed by atoms with Crippen molar-refractivity contribution in [3.05, 3.63) is 33.9 Å². The smallest absolute Gasteiger partial charge is 0.160 e. The zero-order valence-electron chi connectivity index (χ0n) is 7.40. The number of hydrogen-bond acceptors (Lipinski definition) is 3. The highest BCUT2D eigenvalue weighted by Gasteiger charge is 2.05. The minimum atomic E-state index is 0.631. The van der Waals surface area contributed by atoms with Crippen LogP contribution in [0.25, 0.3) is 5.00 Å². The van der Waals surface area contributed by atoms with Gasteiger partial charge in [0.1, 0.15) is 5.00 Å². The standard InChI is InChI=1S/C9H7ClN2OS/c1-6-8(10)4-12(11-6)9-3-2-7(5-13)14-9/h2-5H,1H3. The highest BCUT2D eigenvalue weighted by atomic mass is 35.5. The van der Waals surface area contributed by atoms with E-state index < -0.39 is 0 Å². The summed E-state index contributed by atoms with van der Waals surface area (Å²) < 4.78 is 1.68. The quantitative estimate of drug-likeness (QED) is 0.738. The van der Waals surface area contributed by atoms with Crippen LogP contribution in [0.3, 0.4) is 0 Å². The number of thiophene rings is 1. The number of carbonyl (C=O) groups is 1. The second-order valence-corrected chi connectivity index (χ2v) is 4.30. The number of hydrogen-bond donors (Lipinski definition) is 0. The molecule has 0 unspecified atom stereocenters. The molecule has 5 heteroatoms. The molecule has 2 aromatic rings. The van der Waals surface area contributed by atoms with Crippen molar-refractivity contribution in [2.75, 3.05) is 0 Å². The van der Waals surface area contributed by atoms with Gasteiger partial charge in [-0.1, -0.05) is 11.6 Å². The average Bonchev–Trinajstić information content (AvgIpc) is 2.74. The number of halogens is 1. The number of rotatable bonds is 2. The molecule has 0 spiro atoms. The fourth-order valence-corrected chi connectivity index (χ4v) is 1.96. The molecule has 0 amide bonds. The molecule has 0 aliphatic heterocycles. The van der Waals surface area contributed by atoms with E-state index in [1.54, 1.807) is 16.9 Å². The largest absolute Gasteiger partial charge is 0.297 e. The molecule has 0 saturated carbocycles. The minimum absolute atomic E-state index is 0.631. The van der Waals surface area contributed by atoms with Gasteiger partial charge in [0.2, 0.25) is 0 Å². The predicted octanol–water partition coefficient (Wildman–Crippen LogP) is 2.71. The fraction of sp³-hybridized carbons (Fsp3) is 0.111. The lowest BCUT2D eigenvalue weighted by atomic mass is 10.5. The van der Waals surface area contributed by atoms with E-state index in [1.807, 2.05) is 13.0 Å². The lowest BCUT2D eigenvalue weighted by Gasteiger charge is -1.92. The van der Waals surface area contributed by atoms with E-state index in [0.29, 0.717) is 9.90 Å². The lowest BCUT2D eigenvalue weighted by molar-refractivity contribution is 0.112. The summed E-state index contributed by atoms with van der Waals surface area (Å²) in [5.74, 6) is 0. The summed E-state index contributed by atoms with van der Waals surface area (Å²) >= 11 is 7.25. The van der Waals surface area contributed by atoms with Gasteiger partial charge >= 0.3 is 0 Å². The molecule has 0 fully saturated rings. The molecule has 0 aromatic carbocycles. The zero-order chi connectivity index (χ0) is 10.1. The van der Waals surface area contributed by atoms with Crippen LogP contribution in [0.5, 0.6) is 0 Å². The molecule has 72 valence electrons. The number of aromatic nitrogens is 2. The van der Waals surface area contributed by atoms with Crippen LogP contribution in [0.15, 0.2) is 18.3 Å². The molecule has 0 N–H and O–H groups in total. The Morgan fingerprint density at radius 1 is 1.57 bits per heavy atom. The van der Waals surface area contributed by atoms with Crippen LogP contribution >= 0.6 is 22.9 Å². The topological polar surface area (TPSA) is 34.9 Å². The Balaban J connectivity index is 2.43. The van der Waals surface area contributed by atoms with Crippen molar-refractivity contribution < 1.29 is 4.79 Å². The van der Waals surface area contributed by atoms with Crippen molar-refractivity contribution in [1.29, 1.82) is 0 Å². The molecule has 2 aromatic heterocycles. The van der Waals surface area contributed by atoms with Crippen molar-refractivity contribution in [2.24, 2.45) is 0 Å². The van der Waals surface area contributed by atoms with Gasteiger partial charge < -0.3 is 0 Å². The van der Waals surface area contributed by atoms with E-state index in [4.69, 9.17) is 11.6 Å². The van der Waals surface area contributed by atoms with E-state index in [0.717, 1.165) is 17.0 Å². The Labute approximate surface area is 89.9 Å². The molecule has 0 aliphatic carbocycles. The normalized spacial score (nSPS) is 10.4. The molecule has 14 heavy (non-hydrogen) atoms. The monoisotopic (exact) mass is 226 g/mol. The van der Waals surface area contributed by atoms with E-state index in [-0.39, 0.29) is 0 Å². The maximum absolute atomic E-state index is 10.5. The molecule has 0 saturated heterocycles. The third kappa shape index (κ3) is 1.58. The summed E-state index contributed by atoms with van der Waals surface area (Å²) in [6.45, 7) is 1.84. The number of aryl methyl sites for hydroxylation is 1. The van der Waals surface area contributed by atoms with Gasteiger partial charge in [-0.15, -0.1) is 11.3 Å². The van der Waals surface area contributed by atoms with Crippen molar-refractivity contribution in [3.63, 3.8) is 0 Å². The second kappa shape index (κ2) is 3.55. The maximum atomic E-state index is 10.5. The first-order valence-corrected chi connectivity index (χ1v) is 5.17. The van der Waals surface area contributed by atoms with Crippen LogP contribution in [0.2, 0.25) is 5.02 Å². The Bertz CT molecular complexity index is 455. The van der Waals surface area contributed by atoms with Crippen LogP contribution in [0, 0.1) is 6.92 Å². The number of nitrogens with zero attached hydrogens (tertiary/aromatic N) is 2. The Hall–Kier alpha value is -1.13. The Morgan fingerprint density at radius 3 is 2.86 bits per heavy atom. The highest BCUT2D eigenvalue weighted by Crippen LogP contribution is 2.21. The molecular weight excluding hydrogens is 220 g/mol. The van der Waals surface area contributed by atoms with Gasteiger partial charge in [0.25, 0.3) is 0 Å². The van der Waals surface area contributed by atoms with Crippen LogP contribution in [0.4, 0.5) is 0 Å². The summed E-state index contributed by atoms with van der Waals surface area (Å²) in [6, 6.07) is 3.61. The zero-order valence-corrected chi connectivity index (χ0v) is 8.97. The summed E-state index contributed by atoms with van der Waals surface area (Å²) in [5, 5.41) is 5.73. The predicted molar refractivity (Wildman–Crippen MR) is 56.6 cm³/mol. The van der Waals surface area contributed by atoms with E-state index in [9.17, 15) is 4.79 Å². The van der Waals surface area contributed by atoms with Gasteiger partial charge in [0, 0.05) is 0 Å². The van der Waals surface area contributed by atoms with Gasteiger partial charge in [-0.25, -0.2) is 4.68 Å². The van der Waals surface area contributed by atoms with Gasteiger partial charge in [-0.3, -0.25) is 4.79 Å². The minimum Gasteiger partial charge on any atom is -0.297 e. The molecule has 0 aliphatic rings. The average molecular weight is 227 g/mol. The molecule has 0 bridgehead atoms. The summed E-state index contributed by atoms with van der Waals surface area (Å²) in [6.07, 6.45) is 2.56. The van der Waals surface area contributed by atoms with Crippen molar-refractivity contribution in [1.82, 2.24) is 9.78 Å². The summed E-state index contributed by atoms with van der Waals surface area (Å²) in [7, 11) is 0. The first-order valence-electron chi connectivity index (χ1n) is 3.98. The van der Waals surface area contributed by atoms with Crippen LogP contribution in [-0.4, -0.2) is 16.1 Å².